The van der Waals surface area contributed by atoms with Crippen molar-refractivity contribution in [3.05, 3.63) is 10.4 Å². The number of thioether (sulfide) groups is 2. The maximum Gasteiger partial charge on any atom is 0.197 e. The van der Waals surface area contributed by atoms with Crippen LogP contribution in [0.3, 0.4) is 0 Å². The predicted octanol–water partition coefficient (Wildman–Crippen LogP) is 4.93. The van der Waals surface area contributed by atoms with Crippen LogP contribution in [-0.4, -0.2) is 56.1 Å². The van der Waals surface area contributed by atoms with Gasteiger partial charge in [-0.05, 0) is 44.8 Å². The second kappa shape index (κ2) is 7.89. The highest BCUT2D eigenvalue weighted by Crippen LogP contribution is 2.44. The summed E-state index contributed by atoms with van der Waals surface area (Å²) in [5.41, 5.74) is 2.49. The molecule has 0 saturated heterocycles. The molecule has 1 atom stereocenters. The van der Waals surface area contributed by atoms with E-state index in [4.69, 9.17) is 4.98 Å². The third-order valence-corrected chi connectivity index (χ3v) is 7.92. The van der Waals surface area contributed by atoms with E-state index in [-0.39, 0.29) is 0 Å². The first kappa shape index (κ1) is 19.5. The smallest absolute Gasteiger partial charge is 0.197 e. The van der Waals surface area contributed by atoms with E-state index in [0.717, 1.165) is 33.1 Å². The van der Waals surface area contributed by atoms with Crippen LogP contribution in [0.4, 0.5) is 0 Å². The van der Waals surface area contributed by atoms with Crippen LogP contribution in [0.5, 0.6) is 0 Å². The molecule has 1 unspecified atom stereocenters. The van der Waals surface area contributed by atoms with Crippen LogP contribution in [0.2, 0.25) is 0 Å². The van der Waals surface area contributed by atoms with E-state index in [2.05, 4.69) is 54.4 Å². The molecule has 8 heteroatoms. The van der Waals surface area contributed by atoms with E-state index >= 15 is 0 Å². The van der Waals surface area contributed by atoms with Gasteiger partial charge in [0.25, 0.3) is 0 Å². The summed E-state index contributed by atoms with van der Waals surface area (Å²) in [5.74, 6) is 1.58. The van der Waals surface area contributed by atoms with E-state index in [1.807, 2.05) is 11.3 Å². The van der Waals surface area contributed by atoms with Crippen molar-refractivity contribution in [1.29, 1.82) is 0 Å². The number of thiophene rings is 1. The third kappa shape index (κ3) is 3.73. The Morgan fingerprint density at radius 2 is 2.07 bits per heavy atom. The zero-order valence-electron chi connectivity index (χ0n) is 16.7. The molecule has 1 aliphatic rings. The molecule has 3 heterocycles. The van der Waals surface area contributed by atoms with E-state index in [1.165, 1.54) is 35.1 Å². The Kier molecular flexibility index (Phi) is 5.69. The number of aromatic nitrogens is 4. The van der Waals surface area contributed by atoms with E-state index in [0.29, 0.717) is 11.2 Å². The van der Waals surface area contributed by atoms with Gasteiger partial charge in [-0.25, -0.2) is 9.38 Å². The van der Waals surface area contributed by atoms with Crippen molar-refractivity contribution in [2.24, 2.45) is 0 Å². The molecule has 3 aromatic heterocycles. The first-order valence-corrected chi connectivity index (χ1v) is 12.3. The van der Waals surface area contributed by atoms with Crippen LogP contribution < -0.4 is 0 Å². The molecule has 0 aromatic carbocycles. The standard InChI is InChI=1S/C19H27N5S3/c1-11(2)26-18-20-17-15(14-12(3)7-6-8-13(14)27-17)16-21-22-19(24(16)18)25-10-9-23(4)5/h11-12H,6-10H2,1-5H3. The van der Waals surface area contributed by atoms with Gasteiger partial charge in [0.2, 0.25) is 0 Å². The van der Waals surface area contributed by atoms with Gasteiger partial charge in [0.05, 0.1) is 5.39 Å². The molecule has 0 saturated carbocycles. The molecule has 27 heavy (non-hydrogen) atoms. The first-order chi connectivity index (χ1) is 13.0. The zero-order chi connectivity index (χ0) is 19.1. The van der Waals surface area contributed by atoms with Crippen LogP contribution in [0.15, 0.2) is 10.3 Å². The molecule has 1 aliphatic carbocycles. The highest BCUT2D eigenvalue weighted by Gasteiger charge is 2.27. The predicted molar refractivity (Wildman–Crippen MR) is 118 cm³/mol. The van der Waals surface area contributed by atoms with Gasteiger partial charge in [0.1, 0.15) is 4.83 Å². The molecule has 0 spiro atoms. The van der Waals surface area contributed by atoms with Crippen LogP contribution in [-0.2, 0) is 6.42 Å². The summed E-state index contributed by atoms with van der Waals surface area (Å²) in [6.45, 7) is 7.80. The van der Waals surface area contributed by atoms with Gasteiger partial charge in [-0.3, -0.25) is 0 Å². The lowest BCUT2D eigenvalue weighted by atomic mass is 9.87. The fourth-order valence-electron chi connectivity index (χ4n) is 3.64. The molecule has 3 aromatic rings. The second-order valence-corrected chi connectivity index (χ2v) is 11.5. The Labute approximate surface area is 173 Å². The number of hydrogen-bond acceptors (Lipinski definition) is 7. The van der Waals surface area contributed by atoms with Crippen molar-refractivity contribution in [2.75, 3.05) is 26.4 Å². The molecular weight excluding hydrogens is 394 g/mol. The molecule has 0 radical (unpaired) electrons. The van der Waals surface area contributed by atoms with Crippen molar-refractivity contribution in [3.8, 4) is 0 Å². The average molecular weight is 422 g/mol. The van der Waals surface area contributed by atoms with Crippen molar-refractivity contribution in [2.45, 2.75) is 61.5 Å². The van der Waals surface area contributed by atoms with Gasteiger partial charge >= 0.3 is 0 Å². The van der Waals surface area contributed by atoms with Crippen LogP contribution in [0, 0.1) is 0 Å². The summed E-state index contributed by atoms with van der Waals surface area (Å²) in [4.78, 5) is 9.95. The zero-order valence-corrected chi connectivity index (χ0v) is 19.1. The van der Waals surface area contributed by atoms with Gasteiger partial charge in [-0.1, -0.05) is 44.3 Å². The van der Waals surface area contributed by atoms with Crippen LogP contribution >= 0.6 is 34.9 Å². The largest absolute Gasteiger partial charge is 0.309 e. The lowest BCUT2D eigenvalue weighted by Crippen LogP contribution is -2.15. The van der Waals surface area contributed by atoms with E-state index < -0.39 is 0 Å². The van der Waals surface area contributed by atoms with Crippen molar-refractivity contribution < 1.29 is 0 Å². The van der Waals surface area contributed by atoms with Crippen molar-refractivity contribution in [3.63, 3.8) is 0 Å². The fourth-order valence-corrected chi connectivity index (χ4v) is 6.96. The maximum atomic E-state index is 5.10. The van der Waals surface area contributed by atoms with Crippen molar-refractivity contribution in [1.82, 2.24) is 24.5 Å². The summed E-state index contributed by atoms with van der Waals surface area (Å²) in [5, 5.41) is 12.9. The third-order valence-electron chi connectivity index (χ3n) is 4.89. The van der Waals surface area contributed by atoms with Gasteiger partial charge in [-0.15, -0.1) is 21.5 Å². The van der Waals surface area contributed by atoms with Gasteiger partial charge in [0.15, 0.2) is 16.0 Å². The van der Waals surface area contributed by atoms with E-state index in [9.17, 15) is 0 Å². The number of nitrogens with zero attached hydrogens (tertiary/aromatic N) is 5. The SMILES string of the molecule is CC(C)Sc1nc2sc3c(c2c2nnc(SCCN(C)C)n12)C(C)CCC3. The summed E-state index contributed by atoms with van der Waals surface area (Å²) >= 11 is 5.45. The van der Waals surface area contributed by atoms with Crippen molar-refractivity contribution >= 4 is 50.7 Å². The number of aryl methyl sites for hydroxylation is 1. The minimum absolute atomic E-state index is 0.466. The summed E-state index contributed by atoms with van der Waals surface area (Å²) in [6, 6.07) is 0. The minimum atomic E-state index is 0.466. The first-order valence-electron chi connectivity index (χ1n) is 9.60. The van der Waals surface area contributed by atoms with Crippen LogP contribution in [0.1, 0.15) is 50.0 Å². The Balaban J connectivity index is 1.89. The highest BCUT2D eigenvalue weighted by atomic mass is 32.2. The molecule has 0 fully saturated rings. The molecular formula is C19H27N5S3. The summed E-state index contributed by atoms with van der Waals surface area (Å²) < 4.78 is 2.21. The minimum Gasteiger partial charge on any atom is -0.309 e. The molecule has 146 valence electrons. The fraction of sp³-hybridized carbons (Fsp3) is 0.632. The number of hydrogen-bond donors (Lipinski definition) is 0. The number of rotatable bonds is 6. The monoisotopic (exact) mass is 421 g/mol. The molecule has 0 amide bonds. The average Bonchev–Trinajstić information content (AvgIpc) is 3.16. The Bertz CT molecular complexity index is 959. The van der Waals surface area contributed by atoms with Crippen LogP contribution in [0.25, 0.3) is 15.9 Å². The van der Waals surface area contributed by atoms with E-state index in [1.54, 1.807) is 23.5 Å². The number of fused-ring (bicyclic) bond motifs is 5. The van der Waals surface area contributed by atoms with Gasteiger partial charge in [-0.2, -0.15) is 0 Å². The topological polar surface area (TPSA) is 46.3 Å². The Morgan fingerprint density at radius 1 is 1.26 bits per heavy atom. The Hall–Kier alpha value is -0.830. The second-order valence-electron chi connectivity index (χ2n) is 7.77. The normalized spacial score (nSPS) is 17.5. The highest BCUT2D eigenvalue weighted by molar-refractivity contribution is 8.00. The molecule has 5 nitrogen and oxygen atoms in total. The van der Waals surface area contributed by atoms with Gasteiger partial charge in [0, 0.05) is 22.4 Å². The van der Waals surface area contributed by atoms with Gasteiger partial charge < -0.3 is 4.90 Å². The molecule has 0 N–H and O–H groups in total. The molecule has 0 bridgehead atoms. The quantitative estimate of drug-likeness (QED) is 0.415. The lowest BCUT2D eigenvalue weighted by Gasteiger charge is -2.18. The molecule has 0 aliphatic heterocycles. The summed E-state index contributed by atoms with van der Waals surface area (Å²) in [6.07, 6.45) is 3.72. The summed E-state index contributed by atoms with van der Waals surface area (Å²) in [7, 11) is 4.21. The maximum absolute atomic E-state index is 5.10. The Morgan fingerprint density at radius 3 is 2.81 bits per heavy atom. The molecule has 4 rings (SSSR count). The lowest BCUT2D eigenvalue weighted by molar-refractivity contribution is 0.437.